The maximum absolute atomic E-state index is 7.15. The highest BCUT2D eigenvalue weighted by Gasteiger charge is 2.60. The Morgan fingerprint density at radius 3 is 2.03 bits per heavy atom. The summed E-state index contributed by atoms with van der Waals surface area (Å²) in [6.07, 6.45) is 6.71. The number of hydrogen-bond donors (Lipinski definition) is 0. The van der Waals surface area contributed by atoms with Crippen molar-refractivity contribution in [2.75, 3.05) is 25.2 Å². The molecule has 2 fully saturated rings. The predicted octanol–water partition coefficient (Wildman–Crippen LogP) is 12.0. The number of ether oxygens (including phenoxy) is 1. The Labute approximate surface area is 386 Å². The SMILES string of the molecule is CO[C@@H](c1coc(-c2nc(-c3coc(CO[Si](c4ccccc4)(c4ccccc4)C(C)(C)C)n3)oc2C[C@@H](C)C[C@H]2CCO[Si](C(C)(C)C)(C(C)(C)C)O2)n1)[C@@H](C)C1SCCCS1. The Bertz CT molecular complexity index is 2170. The predicted molar refractivity (Wildman–Crippen MR) is 260 cm³/mol. The first-order valence-corrected chi connectivity index (χ1v) is 28.4. The van der Waals surface area contributed by atoms with Gasteiger partial charge in [0.05, 0.1) is 4.58 Å². The first kappa shape index (κ1) is 48.0. The number of nitrogens with zero attached hydrogens (tertiary/aromatic N) is 3. The molecule has 0 N–H and O–H groups in total. The van der Waals surface area contributed by atoms with Gasteiger partial charge in [-0.25, -0.2) is 15.0 Å². The summed E-state index contributed by atoms with van der Waals surface area (Å²) >= 11 is 4.01. The molecule has 0 radical (unpaired) electrons. The van der Waals surface area contributed by atoms with E-state index in [1.807, 2.05) is 35.7 Å². The number of benzene rings is 2. The van der Waals surface area contributed by atoms with Gasteiger partial charge in [0, 0.05) is 42.2 Å². The summed E-state index contributed by atoms with van der Waals surface area (Å²) in [5, 5.41) is 2.00. The van der Waals surface area contributed by atoms with Crippen molar-refractivity contribution in [3.63, 3.8) is 0 Å². The number of hydrogen-bond acceptors (Lipinski definition) is 12. The van der Waals surface area contributed by atoms with Gasteiger partial charge in [-0.05, 0) is 52.1 Å². The fourth-order valence-corrected chi connectivity index (χ4v) is 22.4. The van der Waals surface area contributed by atoms with Crippen molar-refractivity contribution in [3.8, 4) is 23.2 Å². The average molecular weight is 932 g/mol. The zero-order valence-electron chi connectivity index (χ0n) is 39.5. The highest BCUT2D eigenvalue weighted by atomic mass is 32.2. The molecule has 2 aliphatic heterocycles. The molecule has 7 rings (SSSR count). The van der Waals surface area contributed by atoms with E-state index in [-0.39, 0.29) is 45.8 Å². The van der Waals surface area contributed by atoms with Gasteiger partial charge in [0.15, 0.2) is 11.4 Å². The molecule has 2 aliphatic rings. The summed E-state index contributed by atoms with van der Waals surface area (Å²) in [5.41, 5.74) is 1.79. The molecule has 3 aromatic heterocycles. The lowest BCUT2D eigenvalue weighted by atomic mass is 9.97. The van der Waals surface area contributed by atoms with Crippen molar-refractivity contribution in [3.05, 3.63) is 90.5 Å². The van der Waals surface area contributed by atoms with Crippen LogP contribution in [0.5, 0.6) is 0 Å². The van der Waals surface area contributed by atoms with Crippen LogP contribution in [-0.4, -0.2) is 67.7 Å². The summed E-state index contributed by atoms with van der Waals surface area (Å²) in [4.78, 5) is 15.0. The van der Waals surface area contributed by atoms with Crippen LogP contribution in [0.25, 0.3) is 23.2 Å². The van der Waals surface area contributed by atoms with E-state index in [2.05, 4.69) is 125 Å². The molecule has 0 saturated carbocycles. The van der Waals surface area contributed by atoms with E-state index in [0.717, 1.165) is 30.0 Å². The van der Waals surface area contributed by atoms with Gasteiger partial charge in [-0.2, -0.15) is 0 Å². The molecule has 0 bridgehead atoms. The van der Waals surface area contributed by atoms with Gasteiger partial charge < -0.3 is 31.3 Å². The van der Waals surface area contributed by atoms with Gasteiger partial charge in [0.1, 0.15) is 36.7 Å². The van der Waals surface area contributed by atoms with Crippen LogP contribution in [0.15, 0.2) is 86.4 Å². The van der Waals surface area contributed by atoms with E-state index < -0.39 is 16.9 Å². The molecular weight excluding hydrogens is 863 g/mol. The van der Waals surface area contributed by atoms with Crippen LogP contribution >= 0.6 is 23.5 Å². The third-order valence-electron chi connectivity index (χ3n) is 12.6. The highest BCUT2D eigenvalue weighted by molar-refractivity contribution is 8.17. The van der Waals surface area contributed by atoms with Crippen LogP contribution in [-0.2, 0) is 31.0 Å². The molecule has 2 aromatic carbocycles. The quantitative estimate of drug-likeness (QED) is 0.0931. The van der Waals surface area contributed by atoms with Gasteiger partial charge in [0.2, 0.25) is 17.7 Å². The van der Waals surface area contributed by atoms with Crippen LogP contribution < -0.4 is 10.4 Å². The fourth-order valence-electron chi connectivity index (χ4n) is 9.84. The molecule has 0 spiro atoms. The summed E-state index contributed by atoms with van der Waals surface area (Å²) in [5.74, 6) is 4.61. The van der Waals surface area contributed by atoms with E-state index in [9.17, 15) is 0 Å². The molecule has 14 heteroatoms. The molecule has 0 unspecified atom stereocenters. The summed E-state index contributed by atoms with van der Waals surface area (Å²) < 4.78 is 46.6. The Balaban J connectivity index is 1.18. The Morgan fingerprint density at radius 1 is 0.810 bits per heavy atom. The van der Waals surface area contributed by atoms with Crippen LogP contribution in [0, 0.1) is 11.8 Å². The highest BCUT2D eigenvalue weighted by Crippen LogP contribution is 2.54. The van der Waals surface area contributed by atoms with Gasteiger partial charge in [-0.1, -0.05) is 137 Å². The van der Waals surface area contributed by atoms with Gasteiger partial charge >= 0.3 is 8.56 Å². The molecule has 5 aromatic rings. The van der Waals surface area contributed by atoms with E-state index in [1.165, 1.54) is 16.8 Å². The number of rotatable bonds is 15. The lowest BCUT2D eigenvalue weighted by Gasteiger charge is -2.53. The molecule has 2 saturated heterocycles. The van der Waals surface area contributed by atoms with E-state index in [4.69, 9.17) is 46.2 Å². The standard InChI is InChI=1S/C49H69N3O7S2Si2/c1-33(28-35-24-25-56-63(59-35,48(6,7)8)49(9,10)11)29-40-42(45-51-38(30-55-45)43(53-12)34(2)46-60-26-19-27-61-46)52-44(58-40)39-31-54-41(50-39)32-57-62(47(3,4)5,36-20-15-13-16-21-36)37-22-17-14-18-23-37/h13-18,20-23,30-31,33-35,43,46H,19,24-29,32H2,1-12H3/t33-,34+,35+,43+/m0/s1. The molecular formula is C49H69N3O7S2Si2. The van der Waals surface area contributed by atoms with Crippen molar-refractivity contribution in [2.45, 2.75) is 140 Å². The Kier molecular flexibility index (Phi) is 14.8. The van der Waals surface area contributed by atoms with Gasteiger partial charge in [-0.15, -0.1) is 23.5 Å². The number of methoxy groups -OCH3 is 1. The van der Waals surface area contributed by atoms with E-state index in [1.54, 1.807) is 19.6 Å². The summed E-state index contributed by atoms with van der Waals surface area (Å²) in [6.45, 7) is 25.8. The second-order valence-corrected chi connectivity index (χ2v) is 32.3. The number of oxazole rings is 3. The maximum Gasteiger partial charge on any atom is 0.349 e. The first-order chi connectivity index (χ1) is 29.9. The van der Waals surface area contributed by atoms with Crippen molar-refractivity contribution in [1.82, 2.24) is 15.0 Å². The average Bonchev–Trinajstić information content (AvgIpc) is 4.02. The van der Waals surface area contributed by atoms with Crippen LogP contribution in [0.1, 0.15) is 119 Å². The van der Waals surface area contributed by atoms with Crippen molar-refractivity contribution < 1.29 is 31.3 Å². The van der Waals surface area contributed by atoms with Crippen LogP contribution in [0.3, 0.4) is 0 Å². The minimum atomic E-state index is -2.84. The molecule has 63 heavy (non-hydrogen) atoms. The largest absolute Gasteiger partial charge is 0.446 e. The minimum absolute atomic E-state index is 0.0752. The molecule has 342 valence electrons. The monoisotopic (exact) mass is 931 g/mol. The second-order valence-electron chi connectivity index (χ2n) is 20.5. The molecule has 0 amide bonds. The molecule has 5 heterocycles. The number of aromatic nitrogens is 3. The lowest BCUT2D eigenvalue weighted by Crippen LogP contribution is -2.66. The second kappa shape index (κ2) is 19.5. The van der Waals surface area contributed by atoms with Crippen molar-refractivity contribution in [2.24, 2.45) is 11.8 Å². The summed E-state index contributed by atoms with van der Waals surface area (Å²) in [6, 6.07) is 21.2. The van der Waals surface area contributed by atoms with E-state index >= 15 is 0 Å². The van der Waals surface area contributed by atoms with Crippen LogP contribution in [0.4, 0.5) is 0 Å². The van der Waals surface area contributed by atoms with Gasteiger partial charge in [0.25, 0.3) is 8.32 Å². The zero-order valence-corrected chi connectivity index (χ0v) is 43.1. The minimum Gasteiger partial charge on any atom is -0.446 e. The molecule has 0 aliphatic carbocycles. The summed E-state index contributed by atoms with van der Waals surface area (Å²) in [7, 11) is -3.70. The topological polar surface area (TPSA) is 115 Å². The first-order valence-electron chi connectivity index (χ1n) is 22.6. The van der Waals surface area contributed by atoms with Crippen LogP contribution in [0.2, 0.25) is 15.1 Å². The van der Waals surface area contributed by atoms with Gasteiger partial charge in [-0.3, -0.25) is 0 Å². The zero-order chi connectivity index (χ0) is 45.2. The van der Waals surface area contributed by atoms with Crippen molar-refractivity contribution in [1.29, 1.82) is 0 Å². The molecule has 4 atom stereocenters. The lowest BCUT2D eigenvalue weighted by molar-refractivity contribution is 0.00983. The third kappa shape index (κ3) is 10.1. The Morgan fingerprint density at radius 2 is 1.44 bits per heavy atom. The Hall–Kier alpha value is -2.96. The van der Waals surface area contributed by atoms with E-state index in [0.29, 0.717) is 52.4 Å². The molecule has 10 nitrogen and oxygen atoms in total. The number of thioether (sulfide) groups is 2. The normalized spacial score (nSPS) is 19.5. The van der Waals surface area contributed by atoms with Crippen molar-refractivity contribution >= 4 is 50.8 Å². The smallest absolute Gasteiger partial charge is 0.349 e. The third-order valence-corrected chi connectivity index (χ3v) is 26.2. The fraction of sp³-hybridized carbons (Fsp3) is 0.571. The maximum atomic E-state index is 7.15.